The van der Waals surface area contributed by atoms with Gasteiger partial charge in [-0.25, -0.2) is 0 Å². The van der Waals surface area contributed by atoms with Crippen molar-refractivity contribution in [2.45, 2.75) is 26.2 Å². The minimum atomic E-state index is 0.713. The van der Waals surface area contributed by atoms with Gasteiger partial charge in [-0.3, -0.25) is 0 Å². The van der Waals surface area contributed by atoms with Crippen molar-refractivity contribution in [3.8, 4) is 5.75 Å². The molecule has 17 heavy (non-hydrogen) atoms. The Hall–Kier alpha value is -0.540. The first-order chi connectivity index (χ1) is 8.21. The summed E-state index contributed by atoms with van der Waals surface area (Å²) < 4.78 is 6.28. The number of nitrogens with one attached hydrogen (secondary N) is 1. The van der Waals surface area contributed by atoms with Crippen LogP contribution in [0, 0.1) is 5.92 Å². The van der Waals surface area contributed by atoms with Crippen molar-refractivity contribution in [2.75, 3.05) is 20.7 Å². The van der Waals surface area contributed by atoms with Crippen molar-refractivity contribution in [3.05, 3.63) is 28.2 Å². The van der Waals surface area contributed by atoms with Gasteiger partial charge in [-0.05, 0) is 66.0 Å². The van der Waals surface area contributed by atoms with Crippen molar-refractivity contribution in [1.82, 2.24) is 5.32 Å². The molecule has 0 amide bonds. The Bertz CT molecular complexity index is 335. The summed E-state index contributed by atoms with van der Waals surface area (Å²) in [4.78, 5) is 0. The van der Waals surface area contributed by atoms with Crippen LogP contribution in [0.2, 0.25) is 0 Å². The monoisotopic (exact) mass is 299 g/mol. The van der Waals surface area contributed by atoms with Gasteiger partial charge in [0.2, 0.25) is 0 Å². The first-order valence-electron chi connectivity index (χ1n) is 6.18. The highest BCUT2D eigenvalue weighted by atomic mass is 79.9. The second kappa shape index (κ2) is 7.72. The number of rotatable bonds is 7. The van der Waals surface area contributed by atoms with E-state index in [1.807, 2.05) is 13.1 Å². The van der Waals surface area contributed by atoms with Crippen LogP contribution in [-0.2, 0) is 6.42 Å². The number of methoxy groups -OCH3 is 1. The van der Waals surface area contributed by atoms with Gasteiger partial charge in [0.05, 0.1) is 11.6 Å². The molecule has 0 aromatic heterocycles. The van der Waals surface area contributed by atoms with E-state index in [4.69, 9.17) is 4.74 Å². The largest absolute Gasteiger partial charge is 0.496 e. The van der Waals surface area contributed by atoms with Crippen LogP contribution >= 0.6 is 15.9 Å². The molecule has 1 atom stereocenters. The number of halogens is 1. The molecule has 1 unspecified atom stereocenters. The molecule has 3 heteroatoms. The minimum Gasteiger partial charge on any atom is -0.496 e. The second-order valence-corrected chi connectivity index (χ2v) is 5.24. The molecule has 0 aliphatic heterocycles. The van der Waals surface area contributed by atoms with Crippen LogP contribution < -0.4 is 10.1 Å². The third-order valence-electron chi connectivity index (χ3n) is 2.93. The topological polar surface area (TPSA) is 21.3 Å². The SMILES string of the molecule is CCCC(CNC)Cc1ccc(OC)c(Br)c1. The Morgan fingerprint density at radius 2 is 2.18 bits per heavy atom. The highest BCUT2D eigenvalue weighted by Gasteiger charge is 2.09. The van der Waals surface area contributed by atoms with Crippen LogP contribution in [0.25, 0.3) is 0 Å². The molecule has 0 saturated heterocycles. The van der Waals surface area contributed by atoms with Crippen LogP contribution in [0.3, 0.4) is 0 Å². The maximum absolute atomic E-state index is 5.24. The molecule has 2 nitrogen and oxygen atoms in total. The quantitative estimate of drug-likeness (QED) is 0.830. The standard InChI is InChI=1S/C14H22BrNO/c1-4-5-12(10-16-2)8-11-6-7-14(17-3)13(15)9-11/h6-7,9,12,16H,4-5,8,10H2,1-3H3. The van der Waals surface area contributed by atoms with Crippen molar-refractivity contribution < 1.29 is 4.74 Å². The fourth-order valence-electron chi connectivity index (χ4n) is 2.14. The summed E-state index contributed by atoms with van der Waals surface area (Å²) in [5.74, 6) is 1.61. The first kappa shape index (κ1) is 14.5. The maximum Gasteiger partial charge on any atom is 0.133 e. The van der Waals surface area contributed by atoms with Gasteiger partial charge >= 0.3 is 0 Å². The molecule has 0 aliphatic rings. The third-order valence-corrected chi connectivity index (χ3v) is 3.55. The molecule has 96 valence electrons. The van der Waals surface area contributed by atoms with E-state index in [-0.39, 0.29) is 0 Å². The van der Waals surface area contributed by atoms with E-state index >= 15 is 0 Å². The lowest BCUT2D eigenvalue weighted by atomic mass is 9.95. The Labute approximate surface area is 113 Å². The predicted molar refractivity (Wildman–Crippen MR) is 76.7 cm³/mol. The lowest BCUT2D eigenvalue weighted by Crippen LogP contribution is -2.20. The number of benzene rings is 1. The fraction of sp³-hybridized carbons (Fsp3) is 0.571. The van der Waals surface area contributed by atoms with Crippen LogP contribution in [0.4, 0.5) is 0 Å². The van der Waals surface area contributed by atoms with Gasteiger partial charge in [-0.15, -0.1) is 0 Å². The predicted octanol–water partition coefficient (Wildman–Crippen LogP) is 3.64. The third kappa shape index (κ3) is 4.68. The molecule has 0 spiro atoms. The van der Waals surface area contributed by atoms with Crippen LogP contribution in [0.15, 0.2) is 22.7 Å². The van der Waals surface area contributed by atoms with E-state index in [9.17, 15) is 0 Å². The van der Waals surface area contributed by atoms with Gasteiger partial charge < -0.3 is 10.1 Å². The van der Waals surface area contributed by atoms with Crippen LogP contribution in [0.1, 0.15) is 25.3 Å². The average Bonchev–Trinajstić information content (AvgIpc) is 2.30. The van der Waals surface area contributed by atoms with Crippen molar-refractivity contribution in [3.63, 3.8) is 0 Å². The van der Waals surface area contributed by atoms with Gasteiger partial charge in [0.15, 0.2) is 0 Å². The Morgan fingerprint density at radius 1 is 1.41 bits per heavy atom. The first-order valence-corrected chi connectivity index (χ1v) is 6.97. The Morgan fingerprint density at radius 3 is 2.71 bits per heavy atom. The maximum atomic E-state index is 5.24. The van der Waals surface area contributed by atoms with Crippen molar-refractivity contribution >= 4 is 15.9 Å². The van der Waals surface area contributed by atoms with E-state index in [1.54, 1.807) is 7.11 Å². The Balaban J connectivity index is 2.68. The Kier molecular flexibility index (Phi) is 6.60. The number of ether oxygens (including phenoxy) is 1. The summed E-state index contributed by atoms with van der Waals surface area (Å²) in [5.41, 5.74) is 1.37. The van der Waals surface area contributed by atoms with Gasteiger partial charge in [0, 0.05) is 0 Å². The molecular weight excluding hydrogens is 278 g/mol. The highest BCUT2D eigenvalue weighted by Crippen LogP contribution is 2.27. The summed E-state index contributed by atoms with van der Waals surface area (Å²) >= 11 is 3.53. The molecule has 0 fully saturated rings. The summed E-state index contributed by atoms with van der Waals surface area (Å²) in [6.07, 6.45) is 3.63. The van der Waals surface area contributed by atoms with Gasteiger partial charge in [0.25, 0.3) is 0 Å². The summed E-state index contributed by atoms with van der Waals surface area (Å²) in [5, 5.41) is 3.27. The number of hydrogen-bond donors (Lipinski definition) is 1. The molecule has 0 bridgehead atoms. The molecule has 0 radical (unpaired) electrons. The minimum absolute atomic E-state index is 0.713. The van der Waals surface area contributed by atoms with E-state index in [0.717, 1.165) is 23.2 Å². The lowest BCUT2D eigenvalue weighted by molar-refractivity contribution is 0.411. The summed E-state index contributed by atoms with van der Waals surface area (Å²) in [6, 6.07) is 6.35. The van der Waals surface area contributed by atoms with Gasteiger partial charge in [0.1, 0.15) is 5.75 Å². The summed E-state index contributed by atoms with van der Waals surface area (Å²) in [7, 11) is 3.72. The van der Waals surface area contributed by atoms with Crippen molar-refractivity contribution in [2.24, 2.45) is 5.92 Å². The molecular formula is C14H22BrNO. The second-order valence-electron chi connectivity index (χ2n) is 4.39. The van der Waals surface area contributed by atoms with Crippen molar-refractivity contribution in [1.29, 1.82) is 0 Å². The van der Waals surface area contributed by atoms with Crippen LogP contribution in [0.5, 0.6) is 5.75 Å². The molecule has 0 saturated carbocycles. The van der Waals surface area contributed by atoms with Gasteiger partial charge in [-0.1, -0.05) is 19.4 Å². The van der Waals surface area contributed by atoms with Crippen LogP contribution in [-0.4, -0.2) is 20.7 Å². The molecule has 1 N–H and O–H groups in total. The zero-order valence-corrected chi connectivity index (χ0v) is 12.5. The van der Waals surface area contributed by atoms with E-state index in [1.165, 1.54) is 18.4 Å². The molecule has 1 rings (SSSR count). The van der Waals surface area contributed by atoms with E-state index in [2.05, 4.69) is 40.3 Å². The zero-order chi connectivity index (χ0) is 12.7. The average molecular weight is 300 g/mol. The molecule has 0 heterocycles. The zero-order valence-electron chi connectivity index (χ0n) is 10.9. The highest BCUT2D eigenvalue weighted by molar-refractivity contribution is 9.10. The molecule has 1 aromatic rings. The summed E-state index contributed by atoms with van der Waals surface area (Å²) in [6.45, 7) is 3.32. The van der Waals surface area contributed by atoms with Gasteiger partial charge in [-0.2, -0.15) is 0 Å². The fourth-order valence-corrected chi connectivity index (χ4v) is 2.73. The molecule has 1 aromatic carbocycles. The smallest absolute Gasteiger partial charge is 0.133 e. The molecule has 0 aliphatic carbocycles. The normalized spacial score (nSPS) is 12.5. The lowest BCUT2D eigenvalue weighted by Gasteiger charge is -2.16. The number of hydrogen-bond acceptors (Lipinski definition) is 2. The van der Waals surface area contributed by atoms with E-state index < -0.39 is 0 Å². The van der Waals surface area contributed by atoms with E-state index in [0.29, 0.717) is 5.92 Å².